The van der Waals surface area contributed by atoms with Crippen molar-refractivity contribution in [3.8, 4) is 5.75 Å². The van der Waals surface area contributed by atoms with Gasteiger partial charge in [-0.1, -0.05) is 47.1 Å². The molecule has 2 unspecified atom stereocenters. The quantitative estimate of drug-likeness (QED) is 0.132. The normalized spacial score (nSPS) is 13.6. The minimum Gasteiger partial charge on any atom is -0.507 e. The van der Waals surface area contributed by atoms with E-state index >= 15 is 0 Å². The number of carbonyl (C=O) groups is 2. The van der Waals surface area contributed by atoms with Crippen molar-refractivity contribution in [2.45, 2.75) is 85.5 Å². The zero-order valence-electron chi connectivity index (χ0n) is 24.4. The number of ether oxygens (including phenoxy) is 1. The lowest BCUT2D eigenvalue weighted by atomic mass is 9.73. The third-order valence-electron chi connectivity index (χ3n) is 7.67. The number of fused-ring (bicyclic) bond motifs is 1. The van der Waals surface area contributed by atoms with Crippen LogP contribution in [0.4, 0.5) is 4.79 Å². The average molecular weight is 552 g/mol. The van der Waals surface area contributed by atoms with Crippen molar-refractivity contribution in [1.29, 1.82) is 0 Å². The van der Waals surface area contributed by atoms with Gasteiger partial charge in [0.05, 0.1) is 7.11 Å². The first-order valence-corrected chi connectivity index (χ1v) is 14.0. The number of unbranched alkanes of at least 4 members (excludes halogenated alkanes) is 2. The molecule has 0 bridgehead atoms. The molecule has 1 amide bonds. The fourth-order valence-electron chi connectivity index (χ4n) is 4.76. The first-order chi connectivity index (χ1) is 19.0. The standard InChI is InChI=1S/C32H41NO7/c1-7-8-12-22-13-14-26-23(16-22)17-24(39-26)19-32(4,5)21(3)29(35)28-25(34)18-27(40-30(28)36)20(2)11-9-10-15-33-31(37)38-6/h13-18,20-21,34H,7-12,19H2,1-6H3. The van der Waals surface area contributed by atoms with Crippen molar-refractivity contribution in [2.24, 2.45) is 16.3 Å². The number of carbonyl (C=O) groups excluding carboxylic acids is 2. The Morgan fingerprint density at radius 3 is 2.55 bits per heavy atom. The number of hydrogen-bond donors (Lipinski definition) is 1. The number of furan rings is 1. The second kappa shape index (κ2) is 13.6. The molecule has 1 N–H and O–H groups in total. The summed E-state index contributed by atoms with van der Waals surface area (Å²) >= 11 is 0. The Hall–Kier alpha value is -3.68. The van der Waals surface area contributed by atoms with Gasteiger partial charge in [-0.15, -0.1) is 0 Å². The fourth-order valence-corrected chi connectivity index (χ4v) is 4.76. The number of rotatable bonds is 13. The number of aliphatic imine (C=N–C) groups is 1. The third kappa shape index (κ3) is 7.71. The van der Waals surface area contributed by atoms with E-state index in [0.717, 1.165) is 36.0 Å². The topological polar surface area (TPSA) is 119 Å². The highest BCUT2D eigenvalue weighted by Gasteiger charge is 2.36. The van der Waals surface area contributed by atoms with E-state index in [9.17, 15) is 19.5 Å². The summed E-state index contributed by atoms with van der Waals surface area (Å²) < 4.78 is 16.0. The zero-order valence-corrected chi connectivity index (χ0v) is 24.4. The van der Waals surface area contributed by atoms with Crippen molar-refractivity contribution in [2.75, 3.05) is 7.11 Å². The summed E-state index contributed by atoms with van der Waals surface area (Å²) in [5, 5.41) is 11.7. The van der Waals surface area contributed by atoms with E-state index in [1.54, 1.807) is 6.92 Å². The van der Waals surface area contributed by atoms with Crippen LogP contribution in [0.1, 0.15) is 100 Å². The monoisotopic (exact) mass is 551 g/mol. The number of benzene rings is 1. The second-order valence-electron chi connectivity index (χ2n) is 11.2. The van der Waals surface area contributed by atoms with Crippen LogP contribution < -0.4 is 5.63 Å². The molecule has 0 spiro atoms. The molecule has 0 saturated carbocycles. The summed E-state index contributed by atoms with van der Waals surface area (Å²) in [7, 11) is 1.26. The minimum atomic E-state index is -0.843. The highest BCUT2D eigenvalue weighted by molar-refractivity contribution is 6.00. The van der Waals surface area contributed by atoms with Crippen LogP contribution in [0.15, 0.2) is 49.0 Å². The molecule has 0 aliphatic carbocycles. The predicted octanol–water partition coefficient (Wildman–Crippen LogP) is 7.63. The largest absolute Gasteiger partial charge is 0.507 e. The first kappa shape index (κ1) is 30.9. The Kier molecular flexibility index (Phi) is 10.5. The first-order valence-electron chi connectivity index (χ1n) is 14.0. The molecule has 40 heavy (non-hydrogen) atoms. The molecule has 1 aromatic carbocycles. The van der Waals surface area contributed by atoms with Gasteiger partial charge >= 0.3 is 11.7 Å². The lowest BCUT2D eigenvalue weighted by Crippen LogP contribution is -2.33. The molecule has 0 saturated heterocycles. The van der Waals surface area contributed by atoms with E-state index < -0.39 is 28.8 Å². The van der Waals surface area contributed by atoms with Gasteiger partial charge in [-0.25, -0.2) is 9.59 Å². The Bertz CT molecular complexity index is 1410. The number of methoxy groups -OCH3 is 1. The van der Waals surface area contributed by atoms with Crippen LogP contribution >= 0.6 is 0 Å². The number of ketones is 1. The lowest BCUT2D eigenvalue weighted by molar-refractivity contribution is 0.0805. The van der Waals surface area contributed by atoms with Crippen LogP contribution in [0, 0.1) is 11.3 Å². The smallest absolute Gasteiger partial charge is 0.432 e. The van der Waals surface area contributed by atoms with E-state index in [1.807, 2.05) is 32.9 Å². The van der Waals surface area contributed by atoms with Gasteiger partial charge < -0.3 is 18.7 Å². The van der Waals surface area contributed by atoms with Gasteiger partial charge in [-0.2, -0.15) is 4.99 Å². The molecular weight excluding hydrogens is 510 g/mol. The molecular formula is C32H41NO7. The molecule has 8 nitrogen and oxygen atoms in total. The number of nitrogens with zero attached hydrogens (tertiary/aromatic N) is 1. The summed E-state index contributed by atoms with van der Waals surface area (Å²) in [5.74, 6) is -0.541. The van der Waals surface area contributed by atoms with E-state index in [-0.39, 0.29) is 17.2 Å². The van der Waals surface area contributed by atoms with Crippen molar-refractivity contribution >= 4 is 29.1 Å². The summed E-state index contributed by atoms with van der Waals surface area (Å²) in [4.78, 5) is 41.0. The Labute approximate surface area is 235 Å². The molecule has 216 valence electrons. The van der Waals surface area contributed by atoms with Gasteiger partial charge in [0.2, 0.25) is 0 Å². The van der Waals surface area contributed by atoms with Crippen LogP contribution in [-0.2, 0) is 17.6 Å². The summed E-state index contributed by atoms with van der Waals surface area (Å²) in [6, 6.07) is 9.62. The minimum absolute atomic E-state index is 0.182. The van der Waals surface area contributed by atoms with Gasteiger partial charge in [0.15, 0.2) is 5.78 Å². The highest BCUT2D eigenvalue weighted by atomic mass is 16.5. The molecule has 0 aliphatic rings. The van der Waals surface area contributed by atoms with Crippen molar-refractivity contribution in [1.82, 2.24) is 0 Å². The second-order valence-corrected chi connectivity index (χ2v) is 11.2. The molecule has 3 rings (SSSR count). The molecule has 0 aliphatic heterocycles. The Morgan fingerprint density at radius 1 is 1.12 bits per heavy atom. The molecule has 2 heterocycles. The molecule has 3 aromatic rings. The number of hydrogen-bond acceptors (Lipinski definition) is 7. The lowest BCUT2D eigenvalue weighted by Gasteiger charge is -2.30. The van der Waals surface area contributed by atoms with Crippen LogP contribution in [-0.4, -0.2) is 30.3 Å². The van der Waals surface area contributed by atoms with E-state index in [4.69, 9.17) is 8.83 Å². The van der Waals surface area contributed by atoms with Crippen LogP contribution in [0.25, 0.3) is 11.0 Å². The summed E-state index contributed by atoms with van der Waals surface area (Å²) in [6.45, 7) is 9.71. The predicted molar refractivity (Wildman–Crippen MR) is 156 cm³/mol. The van der Waals surface area contributed by atoms with Gasteiger partial charge in [0, 0.05) is 35.9 Å². The van der Waals surface area contributed by atoms with Crippen molar-refractivity contribution in [3.05, 3.63) is 63.4 Å². The maximum atomic E-state index is 13.4. The maximum absolute atomic E-state index is 13.4. The maximum Gasteiger partial charge on any atom is 0.432 e. The molecule has 2 atom stereocenters. The average Bonchev–Trinajstić information content (AvgIpc) is 3.31. The Balaban J connectivity index is 1.70. The third-order valence-corrected chi connectivity index (χ3v) is 7.67. The van der Waals surface area contributed by atoms with Gasteiger partial charge in [0.1, 0.15) is 28.4 Å². The van der Waals surface area contributed by atoms with Gasteiger partial charge in [0.25, 0.3) is 0 Å². The molecule has 0 radical (unpaired) electrons. The van der Waals surface area contributed by atoms with Crippen LogP contribution in [0.3, 0.4) is 0 Å². The number of amides is 1. The van der Waals surface area contributed by atoms with Crippen molar-refractivity contribution < 1.29 is 28.3 Å². The Morgan fingerprint density at radius 2 is 1.88 bits per heavy atom. The highest BCUT2D eigenvalue weighted by Crippen LogP contribution is 2.36. The molecule has 0 fully saturated rings. The van der Waals surface area contributed by atoms with Gasteiger partial charge in [-0.05, 0) is 61.3 Å². The van der Waals surface area contributed by atoms with Crippen LogP contribution in [0.2, 0.25) is 0 Å². The molecule has 2 aromatic heterocycles. The number of aryl methyl sites for hydroxylation is 1. The van der Waals surface area contributed by atoms with Gasteiger partial charge in [-0.3, -0.25) is 4.79 Å². The van der Waals surface area contributed by atoms with E-state index in [1.165, 1.54) is 25.0 Å². The summed E-state index contributed by atoms with van der Waals surface area (Å²) in [5.41, 5.74) is 0.352. The van der Waals surface area contributed by atoms with Crippen molar-refractivity contribution in [3.63, 3.8) is 0 Å². The van der Waals surface area contributed by atoms with E-state index in [2.05, 4.69) is 28.8 Å². The SMILES string of the molecule is CCCCc1ccc2oc(CC(C)(C)C(C)C(=O)c3c(O)cc(C(C)CCCC=NC(=O)OC)oc3=O)cc2c1. The van der Waals surface area contributed by atoms with E-state index in [0.29, 0.717) is 31.4 Å². The fraction of sp³-hybridized carbons (Fsp3) is 0.500. The number of aromatic hydroxyl groups is 1. The van der Waals surface area contributed by atoms with Crippen LogP contribution in [0.5, 0.6) is 5.75 Å². The zero-order chi connectivity index (χ0) is 29.4. The number of Topliss-reactive ketones (excluding diaryl/α,β-unsaturated/α-hetero) is 1. The summed E-state index contributed by atoms with van der Waals surface area (Å²) in [6.07, 6.45) is 6.47. The molecule has 8 heteroatoms.